The van der Waals surface area contributed by atoms with Gasteiger partial charge in [-0.1, -0.05) is 30.3 Å². The van der Waals surface area contributed by atoms with Crippen LogP contribution in [0.5, 0.6) is 0 Å². The highest BCUT2D eigenvalue weighted by Gasteiger charge is 2.29. The molecule has 2 amide bonds. The molecule has 8 nitrogen and oxygen atoms in total. The van der Waals surface area contributed by atoms with Crippen molar-refractivity contribution in [1.29, 1.82) is 0 Å². The molecule has 1 aromatic carbocycles. The number of fused-ring (bicyclic) bond motifs is 1. The van der Waals surface area contributed by atoms with Crippen molar-refractivity contribution in [3.63, 3.8) is 0 Å². The number of aromatic nitrogens is 4. The van der Waals surface area contributed by atoms with Crippen LogP contribution < -0.4 is 10.6 Å². The zero-order chi connectivity index (χ0) is 19.8. The fourth-order valence-electron chi connectivity index (χ4n) is 3.70. The molecule has 0 bridgehead atoms. The largest absolute Gasteiger partial charge is 0.347 e. The summed E-state index contributed by atoms with van der Waals surface area (Å²) in [5, 5.41) is 17.4. The highest BCUT2D eigenvalue weighted by molar-refractivity contribution is 5.93. The molecule has 0 saturated heterocycles. The number of rotatable bonds is 6. The zero-order valence-corrected chi connectivity index (χ0v) is 15.9. The molecule has 0 radical (unpaired) electrons. The zero-order valence-electron chi connectivity index (χ0n) is 15.9. The number of hydrogen-bond acceptors (Lipinski definition) is 4. The van der Waals surface area contributed by atoms with E-state index in [2.05, 4.69) is 25.9 Å². The topological polar surface area (TPSA) is 105 Å². The normalized spacial score (nSPS) is 17.7. The van der Waals surface area contributed by atoms with Crippen molar-refractivity contribution in [1.82, 2.24) is 30.6 Å². The van der Waals surface area contributed by atoms with Gasteiger partial charge in [-0.25, -0.2) is 0 Å². The van der Waals surface area contributed by atoms with Crippen LogP contribution in [-0.4, -0.2) is 37.8 Å². The summed E-state index contributed by atoms with van der Waals surface area (Å²) < 4.78 is 1.79. The number of carbonyl (C=O) groups excluding carboxylic acids is 2. The van der Waals surface area contributed by atoms with Crippen molar-refractivity contribution in [2.24, 2.45) is 0 Å². The molecule has 8 heteroatoms. The molecule has 1 fully saturated rings. The van der Waals surface area contributed by atoms with Crippen LogP contribution in [0.1, 0.15) is 56.7 Å². The fourth-order valence-corrected chi connectivity index (χ4v) is 3.70. The number of nitrogens with zero attached hydrogens (tertiary/aromatic N) is 3. The first kappa shape index (κ1) is 17.7. The maximum Gasteiger partial charge on any atom is 0.272 e. The second-order valence-corrected chi connectivity index (χ2v) is 7.73. The van der Waals surface area contributed by atoms with Crippen molar-refractivity contribution < 1.29 is 9.59 Å². The SMILES string of the molecule is O=C(NCc1ccccc1)c1cc2n(n1)C[C@@H](NC(=O)c1cc(C3CC3)[nH]n1)C2. The van der Waals surface area contributed by atoms with E-state index in [-0.39, 0.29) is 17.9 Å². The van der Waals surface area contributed by atoms with Crippen LogP contribution in [0, 0.1) is 0 Å². The van der Waals surface area contributed by atoms with Crippen LogP contribution in [0.3, 0.4) is 0 Å². The Balaban J connectivity index is 1.16. The number of hydrogen-bond donors (Lipinski definition) is 3. The molecule has 1 atom stereocenters. The molecule has 2 aliphatic rings. The molecule has 3 heterocycles. The summed E-state index contributed by atoms with van der Waals surface area (Å²) >= 11 is 0. The summed E-state index contributed by atoms with van der Waals surface area (Å²) in [6.07, 6.45) is 2.97. The Morgan fingerprint density at radius 3 is 2.69 bits per heavy atom. The van der Waals surface area contributed by atoms with Crippen LogP contribution in [0.2, 0.25) is 0 Å². The van der Waals surface area contributed by atoms with Crippen molar-refractivity contribution in [2.45, 2.75) is 44.3 Å². The van der Waals surface area contributed by atoms with Crippen LogP contribution in [0.25, 0.3) is 0 Å². The molecular weight excluding hydrogens is 368 g/mol. The maximum atomic E-state index is 12.4. The first-order valence-corrected chi connectivity index (χ1v) is 9.91. The van der Waals surface area contributed by atoms with Gasteiger partial charge in [0.15, 0.2) is 0 Å². The summed E-state index contributed by atoms with van der Waals surface area (Å²) in [5.74, 6) is 0.164. The summed E-state index contributed by atoms with van der Waals surface area (Å²) in [4.78, 5) is 24.8. The van der Waals surface area contributed by atoms with Gasteiger partial charge in [0.05, 0.1) is 12.6 Å². The van der Waals surface area contributed by atoms with Crippen LogP contribution in [-0.2, 0) is 19.5 Å². The van der Waals surface area contributed by atoms with E-state index in [0.29, 0.717) is 36.8 Å². The van der Waals surface area contributed by atoms with Gasteiger partial charge in [-0.05, 0) is 30.5 Å². The fraction of sp³-hybridized carbons (Fsp3) is 0.333. The Hall–Kier alpha value is -3.42. The van der Waals surface area contributed by atoms with E-state index < -0.39 is 0 Å². The minimum atomic E-state index is -0.194. The van der Waals surface area contributed by atoms with E-state index in [0.717, 1.165) is 29.8 Å². The molecule has 3 aromatic rings. The van der Waals surface area contributed by atoms with E-state index in [9.17, 15) is 9.59 Å². The molecule has 1 saturated carbocycles. The van der Waals surface area contributed by atoms with Gasteiger partial charge in [0, 0.05) is 30.3 Å². The average molecular weight is 390 g/mol. The third-order valence-corrected chi connectivity index (χ3v) is 5.42. The van der Waals surface area contributed by atoms with Crippen LogP contribution in [0.4, 0.5) is 0 Å². The third-order valence-electron chi connectivity index (χ3n) is 5.42. The Bertz CT molecular complexity index is 1030. The number of amides is 2. The Morgan fingerprint density at radius 1 is 1.10 bits per heavy atom. The lowest BCUT2D eigenvalue weighted by Crippen LogP contribution is -2.36. The third kappa shape index (κ3) is 3.78. The molecule has 148 valence electrons. The molecule has 1 aliphatic carbocycles. The lowest BCUT2D eigenvalue weighted by atomic mass is 10.2. The second kappa shape index (κ2) is 7.20. The molecule has 3 N–H and O–H groups in total. The highest BCUT2D eigenvalue weighted by Crippen LogP contribution is 2.39. The summed E-state index contributed by atoms with van der Waals surface area (Å²) in [6.45, 7) is 1.01. The molecule has 0 unspecified atom stereocenters. The van der Waals surface area contributed by atoms with Gasteiger partial charge in [0.1, 0.15) is 11.4 Å². The second-order valence-electron chi connectivity index (χ2n) is 7.73. The van der Waals surface area contributed by atoms with Crippen molar-refractivity contribution in [3.05, 3.63) is 70.8 Å². The smallest absolute Gasteiger partial charge is 0.272 e. The van der Waals surface area contributed by atoms with E-state index in [4.69, 9.17) is 0 Å². The monoisotopic (exact) mass is 390 g/mol. The number of H-pyrrole nitrogens is 1. The van der Waals surface area contributed by atoms with Crippen LogP contribution >= 0.6 is 0 Å². The standard InChI is InChI=1S/C21H22N6O2/c28-20(22-11-13-4-2-1-3-5-13)19-9-16-8-15(12-27(16)26-19)23-21(29)18-10-17(24-25-18)14-6-7-14/h1-5,9-10,14-15H,6-8,11-12H2,(H,22,28)(H,23,29)(H,24,25)/t15-/m0/s1. The summed E-state index contributed by atoms with van der Waals surface area (Å²) in [7, 11) is 0. The number of nitrogens with one attached hydrogen (secondary N) is 3. The van der Waals surface area contributed by atoms with Crippen molar-refractivity contribution >= 4 is 11.8 Å². The van der Waals surface area contributed by atoms with Gasteiger partial charge < -0.3 is 10.6 Å². The molecule has 0 spiro atoms. The summed E-state index contributed by atoms with van der Waals surface area (Å²) in [5.41, 5.74) is 3.86. The van der Waals surface area contributed by atoms with Gasteiger partial charge >= 0.3 is 0 Å². The quantitative estimate of drug-likeness (QED) is 0.597. The molecule has 5 rings (SSSR count). The predicted molar refractivity (Wildman–Crippen MR) is 105 cm³/mol. The number of benzene rings is 1. The van der Waals surface area contributed by atoms with Gasteiger partial charge in [0.2, 0.25) is 0 Å². The van der Waals surface area contributed by atoms with Gasteiger partial charge in [-0.2, -0.15) is 10.2 Å². The lowest BCUT2D eigenvalue weighted by Gasteiger charge is -2.10. The molecule has 2 aromatic heterocycles. The summed E-state index contributed by atoms with van der Waals surface area (Å²) in [6, 6.07) is 13.3. The molecule has 1 aliphatic heterocycles. The van der Waals surface area contributed by atoms with Crippen molar-refractivity contribution in [2.75, 3.05) is 0 Å². The molecular formula is C21H22N6O2. The number of aromatic amines is 1. The first-order chi connectivity index (χ1) is 14.2. The van der Waals surface area contributed by atoms with E-state index in [1.807, 2.05) is 36.4 Å². The maximum absolute atomic E-state index is 12.4. The minimum absolute atomic E-state index is 0.0486. The molecule has 29 heavy (non-hydrogen) atoms. The predicted octanol–water partition coefficient (Wildman–Crippen LogP) is 1.77. The van der Waals surface area contributed by atoms with Gasteiger partial charge in [0.25, 0.3) is 11.8 Å². The average Bonchev–Trinajstić information content (AvgIpc) is 3.14. The van der Waals surface area contributed by atoms with Gasteiger partial charge in [-0.15, -0.1) is 0 Å². The Kier molecular flexibility index (Phi) is 4.38. The lowest BCUT2D eigenvalue weighted by molar-refractivity contribution is 0.0924. The Morgan fingerprint density at radius 2 is 1.93 bits per heavy atom. The van der Waals surface area contributed by atoms with Gasteiger partial charge in [-0.3, -0.25) is 19.4 Å². The van der Waals surface area contributed by atoms with E-state index in [1.165, 1.54) is 0 Å². The van der Waals surface area contributed by atoms with Crippen molar-refractivity contribution in [3.8, 4) is 0 Å². The highest BCUT2D eigenvalue weighted by atomic mass is 16.2. The number of carbonyl (C=O) groups is 2. The van der Waals surface area contributed by atoms with E-state index in [1.54, 1.807) is 10.7 Å². The minimum Gasteiger partial charge on any atom is -0.347 e. The first-order valence-electron chi connectivity index (χ1n) is 9.91. The Labute approximate surface area is 167 Å². The van der Waals surface area contributed by atoms with Crippen LogP contribution in [0.15, 0.2) is 42.5 Å². The van der Waals surface area contributed by atoms with E-state index >= 15 is 0 Å².